The van der Waals surface area contributed by atoms with Gasteiger partial charge in [0, 0.05) is 11.1 Å². The van der Waals surface area contributed by atoms with Crippen LogP contribution in [0.25, 0.3) is 0 Å². The Labute approximate surface area is 83.9 Å². The first-order valence-electron chi connectivity index (χ1n) is 4.56. The molecular weight excluding hydrogens is 176 g/mol. The molecule has 0 aromatic heterocycles. The van der Waals surface area contributed by atoms with Gasteiger partial charge in [-0.3, -0.25) is 9.59 Å². The predicted molar refractivity (Wildman–Crippen MR) is 55.9 cm³/mol. The number of aryl methyl sites for hydroxylation is 2. The van der Waals surface area contributed by atoms with E-state index in [0.717, 1.165) is 16.7 Å². The molecule has 1 aromatic carbocycles. The van der Waals surface area contributed by atoms with Crippen molar-refractivity contribution in [2.24, 2.45) is 0 Å². The SMILES string of the molecule is CC(=O)c1cc(C)c(C(C)=O)c(C)c1. The summed E-state index contributed by atoms with van der Waals surface area (Å²) in [5.41, 5.74) is 3.16. The minimum absolute atomic E-state index is 0.0336. The van der Waals surface area contributed by atoms with Gasteiger partial charge >= 0.3 is 0 Å². The molecule has 14 heavy (non-hydrogen) atoms. The highest BCUT2D eigenvalue weighted by atomic mass is 16.1. The number of benzene rings is 1. The molecular formula is C12H14O2. The number of carbonyl (C=O) groups is 2. The fraction of sp³-hybridized carbons (Fsp3) is 0.333. The molecule has 0 fully saturated rings. The largest absolute Gasteiger partial charge is 0.295 e. The zero-order valence-electron chi connectivity index (χ0n) is 8.97. The van der Waals surface area contributed by atoms with Crippen LogP contribution in [0.15, 0.2) is 12.1 Å². The van der Waals surface area contributed by atoms with Gasteiger partial charge in [0.1, 0.15) is 0 Å². The Morgan fingerprint density at radius 3 is 1.64 bits per heavy atom. The maximum Gasteiger partial charge on any atom is 0.160 e. The van der Waals surface area contributed by atoms with Crippen LogP contribution < -0.4 is 0 Å². The first-order valence-corrected chi connectivity index (χ1v) is 4.56. The van der Waals surface area contributed by atoms with Crippen molar-refractivity contribution in [3.05, 3.63) is 34.4 Å². The molecule has 1 rings (SSSR count). The fourth-order valence-electron chi connectivity index (χ4n) is 1.72. The van der Waals surface area contributed by atoms with Crippen molar-refractivity contribution in [2.45, 2.75) is 27.7 Å². The van der Waals surface area contributed by atoms with Crippen LogP contribution >= 0.6 is 0 Å². The second-order valence-corrected chi connectivity index (χ2v) is 3.60. The molecule has 0 saturated heterocycles. The van der Waals surface area contributed by atoms with Gasteiger partial charge in [-0.15, -0.1) is 0 Å². The van der Waals surface area contributed by atoms with Gasteiger partial charge in [-0.05, 0) is 51.0 Å². The van der Waals surface area contributed by atoms with Crippen LogP contribution in [-0.2, 0) is 0 Å². The maximum atomic E-state index is 11.3. The quantitative estimate of drug-likeness (QED) is 0.672. The molecule has 0 bridgehead atoms. The molecule has 0 atom stereocenters. The lowest BCUT2D eigenvalue weighted by atomic mass is 9.96. The number of Topliss-reactive ketones (excluding diaryl/α,β-unsaturated/α-hetero) is 2. The lowest BCUT2D eigenvalue weighted by molar-refractivity contribution is 0.100. The summed E-state index contributed by atoms with van der Waals surface area (Å²) < 4.78 is 0. The van der Waals surface area contributed by atoms with Gasteiger partial charge in [0.15, 0.2) is 11.6 Å². The van der Waals surface area contributed by atoms with Gasteiger partial charge in [0.05, 0.1) is 0 Å². The van der Waals surface area contributed by atoms with Gasteiger partial charge in [0.25, 0.3) is 0 Å². The molecule has 0 aliphatic carbocycles. The molecule has 0 amide bonds. The third-order valence-electron chi connectivity index (χ3n) is 2.29. The number of hydrogen-bond acceptors (Lipinski definition) is 2. The summed E-state index contributed by atoms with van der Waals surface area (Å²) in [5, 5.41) is 0. The van der Waals surface area contributed by atoms with E-state index in [1.54, 1.807) is 19.1 Å². The average Bonchev–Trinajstić information content (AvgIpc) is 2.01. The Hall–Kier alpha value is -1.44. The Balaban J connectivity index is 3.39. The molecule has 0 N–H and O–H groups in total. The van der Waals surface area contributed by atoms with Crippen LogP contribution in [0.4, 0.5) is 0 Å². The first kappa shape index (κ1) is 10.6. The van der Waals surface area contributed by atoms with Crippen LogP contribution in [-0.4, -0.2) is 11.6 Å². The molecule has 0 aliphatic heterocycles. The molecule has 0 spiro atoms. The molecule has 0 radical (unpaired) electrons. The van der Waals surface area contributed by atoms with E-state index in [9.17, 15) is 9.59 Å². The van der Waals surface area contributed by atoms with Crippen molar-refractivity contribution >= 4 is 11.6 Å². The lowest BCUT2D eigenvalue weighted by Crippen LogP contribution is -2.03. The first-order chi connectivity index (χ1) is 6.43. The second-order valence-electron chi connectivity index (χ2n) is 3.60. The van der Waals surface area contributed by atoms with Crippen molar-refractivity contribution in [1.82, 2.24) is 0 Å². The third kappa shape index (κ3) is 1.90. The lowest BCUT2D eigenvalue weighted by Gasteiger charge is -2.08. The average molecular weight is 190 g/mol. The summed E-state index contributed by atoms with van der Waals surface area (Å²) in [7, 11) is 0. The van der Waals surface area contributed by atoms with Gasteiger partial charge in [-0.25, -0.2) is 0 Å². The molecule has 2 heteroatoms. The Morgan fingerprint density at radius 1 is 0.929 bits per heavy atom. The van der Waals surface area contributed by atoms with E-state index in [1.165, 1.54) is 6.92 Å². The molecule has 2 nitrogen and oxygen atoms in total. The molecule has 0 heterocycles. The molecule has 0 aliphatic rings. The third-order valence-corrected chi connectivity index (χ3v) is 2.29. The summed E-state index contributed by atoms with van der Waals surface area (Å²) in [5.74, 6) is 0.0846. The molecule has 0 unspecified atom stereocenters. The van der Waals surface area contributed by atoms with Gasteiger partial charge < -0.3 is 0 Å². The van der Waals surface area contributed by atoms with Gasteiger partial charge in [-0.1, -0.05) is 0 Å². The highest BCUT2D eigenvalue weighted by Crippen LogP contribution is 2.17. The van der Waals surface area contributed by atoms with E-state index in [1.807, 2.05) is 13.8 Å². The number of ketones is 2. The summed E-state index contributed by atoms with van der Waals surface area (Å²) in [4.78, 5) is 22.4. The van der Waals surface area contributed by atoms with E-state index in [0.29, 0.717) is 5.56 Å². The standard InChI is InChI=1S/C12H14O2/c1-7-5-11(9(3)13)6-8(2)12(7)10(4)14/h5-6H,1-4H3. The van der Waals surface area contributed by atoms with Crippen molar-refractivity contribution < 1.29 is 9.59 Å². The van der Waals surface area contributed by atoms with Crippen LogP contribution in [0, 0.1) is 13.8 Å². The minimum atomic E-state index is 0.0336. The van der Waals surface area contributed by atoms with Crippen molar-refractivity contribution in [3.63, 3.8) is 0 Å². The minimum Gasteiger partial charge on any atom is -0.295 e. The monoisotopic (exact) mass is 190 g/mol. The van der Waals surface area contributed by atoms with Gasteiger partial charge in [0.2, 0.25) is 0 Å². The molecule has 0 saturated carbocycles. The normalized spacial score (nSPS) is 10.0. The van der Waals surface area contributed by atoms with Crippen LogP contribution in [0.5, 0.6) is 0 Å². The smallest absolute Gasteiger partial charge is 0.160 e. The Morgan fingerprint density at radius 2 is 1.36 bits per heavy atom. The summed E-state index contributed by atoms with van der Waals surface area (Å²) >= 11 is 0. The summed E-state index contributed by atoms with van der Waals surface area (Å²) in [6.45, 7) is 6.79. The number of carbonyl (C=O) groups excluding carboxylic acids is 2. The Bertz CT molecular complexity index is 380. The summed E-state index contributed by atoms with van der Waals surface area (Å²) in [6, 6.07) is 3.54. The van der Waals surface area contributed by atoms with Crippen molar-refractivity contribution in [3.8, 4) is 0 Å². The highest BCUT2D eigenvalue weighted by molar-refractivity contribution is 6.00. The van der Waals surface area contributed by atoms with Gasteiger partial charge in [-0.2, -0.15) is 0 Å². The predicted octanol–water partition coefficient (Wildman–Crippen LogP) is 2.71. The van der Waals surface area contributed by atoms with E-state index >= 15 is 0 Å². The van der Waals surface area contributed by atoms with E-state index in [2.05, 4.69) is 0 Å². The number of hydrogen-bond donors (Lipinski definition) is 0. The van der Waals surface area contributed by atoms with Crippen LogP contribution in [0.1, 0.15) is 45.7 Å². The number of rotatable bonds is 2. The van der Waals surface area contributed by atoms with E-state index < -0.39 is 0 Å². The van der Waals surface area contributed by atoms with E-state index in [-0.39, 0.29) is 11.6 Å². The highest BCUT2D eigenvalue weighted by Gasteiger charge is 2.10. The second kappa shape index (κ2) is 3.74. The van der Waals surface area contributed by atoms with E-state index in [4.69, 9.17) is 0 Å². The zero-order valence-corrected chi connectivity index (χ0v) is 8.97. The Kier molecular flexibility index (Phi) is 2.84. The van der Waals surface area contributed by atoms with Crippen molar-refractivity contribution in [1.29, 1.82) is 0 Å². The summed E-state index contributed by atoms with van der Waals surface area (Å²) in [6.07, 6.45) is 0. The van der Waals surface area contributed by atoms with Crippen LogP contribution in [0.2, 0.25) is 0 Å². The zero-order chi connectivity index (χ0) is 10.9. The molecule has 1 aromatic rings. The topological polar surface area (TPSA) is 34.1 Å². The fourth-order valence-corrected chi connectivity index (χ4v) is 1.72. The molecule has 74 valence electrons. The maximum absolute atomic E-state index is 11.3. The van der Waals surface area contributed by atoms with Crippen molar-refractivity contribution in [2.75, 3.05) is 0 Å². The van der Waals surface area contributed by atoms with Crippen LogP contribution in [0.3, 0.4) is 0 Å².